The summed E-state index contributed by atoms with van der Waals surface area (Å²) in [6, 6.07) is 14.2. The van der Waals surface area contributed by atoms with Crippen LogP contribution in [-0.2, 0) is 11.4 Å². The van der Waals surface area contributed by atoms with Crippen molar-refractivity contribution in [3.63, 3.8) is 0 Å². The summed E-state index contributed by atoms with van der Waals surface area (Å²) >= 11 is 19.9. The van der Waals surface area contributed by atoms with E-state index in [1.165, 1.54) is 36.0 Å². The second-order valence-corrected chi connectivity index (χ2v) is 9.53. The Balaban J connectivity index is 1.56. The van der Waals surface area contributed by atoms with Crippen molar-refractivity contribution in [2.45, 2.75) is 13.5 Å². The smallest absolute Gasteiger partial charge is 0.264 e. The first-order chi connectivity index (χ1) is 16.8. The fourth-order valence-electron chi connectivity index (χ4n) is 3.13. The molecule has 10 heteroatoms. The van der Waals surface area contributed by atoms with Gasteiger partial charge in [-0.05, 0) is 78.9 Å². The number of benzene rings is 3. The summed E-state index contributed by atoms with van der Waals surface area (Å²) in [4.78, 5) is 17.2. The van der Waals surface area contributed by atoms with E-state index >= 15 is 0 Å². The number of amidine groups is 1. The number of nitrogens with zero attached hydrogens (tertiary/aromatic N) is 1. The lowest BCUT2D eigenvalue weighted by molar-refractivity contribution is -0.115. The molecule has 35 heavy (non-hydrogen) atoms. The average Bonchev–Trinajstić information content (AvgIpc) is 3.14. The molecule has 180 valence electrons. The van der Waals surface area contributed by atoms with E-state index in [-0.39, 0.29) is 18.3 Å². The van der Waals surface area contributed by atoms with Crippen LogP contribution in [0.4, 0.5) is 10.1 Å². The van der Waals surface area contributed by atoms with E-state index in [1.54, 1.807) is 36.4 Å². The van der Waals surface area contributed by atoms with Gasteiger partial charge in [-0.2, -0.15) is 0 Å². The molecule has 1 aliphatic heterocycles. The molecule has 4 rings (SSSR count). The third kappa shape index (κ3) is 6.49. The summed E-state index contributed by atoms with van der Waals surface area (Å²) in [5, 5.41) is 4.42. The largest absolute Gasteiger partial charge is 0.490 e. The number of amides is 1. The van der Waals surface area contributed by atoms with E-state index in [0.29, 0.717) is 54.5 Å². The molecule has 3 aromatic carbocycles. The number of thioether (sulfide) groups is 1. The van der Waals surface area contributed by atoms with Gasteiger partial charge in [-0.15, -0.1) is 0 Å². The van der Waals surface area contributed by atoms with Gasteiger partial charge < -0.3 is 14.8 Å². The van der Waals surface area contributed by atoms with E-state index in [0.717, 1.165) is 5.56 Å². The number of ether oxygens (including phenoxy) is 2. The van der Waals surface area contributed by atoms with E-state index < -0.39 is 0 Å². The molecule has 1 heterocycles. The first-order valence-electron chi connectivity index (χ1n) is 10.4. The fourth-order valence-corrected chi connectivity index (χ4v) is 4.71. The summed E-state index contributed by atoms with van der Waals surface area (Å²) < 4.78 is 24.8. The lowest BCUT2D eigenvalue weighted by Crippen LogP contribution is -2.19. The highest BCUT2D eigenvalue weighted by atomic mass is 35.5. The normalized spacial score (nSPS) is 15.5. The number of nitrogens with one attached hydrogen (secondary N) is 1. The SMILES string of the molecule is CCOc1cc(/C=C2/SC(=Nc3ccc(F)cc3)NC2=O)cc(Cl)c1OCc1ccc(Cl)cc1Cl. The fraction of sp³-hybridized carbons (Fsp3) is 0.120. The molecule has 5 nitrogen and oxygen atoms in total. The first-order valence-corrected chi connectivity index (χ1v) is 12.4. The molecule has 3 aromatic rings. The molecule has 1 N–H and O–H groups in total. The predicted octanol–water partition coefficient (Wildman–Crippen LogP) is 7.66. The maximum absolute atomic E-state index is 13.1. The van der Waals surface area contributed by atoms with Crippen LogP contribution in [0.15, 0.2) is 64.5 Å². The predicted molar refractivity (Wildman–Crippen MR) is 141 cm³/mol. The van der Waals surface area contributed by atoms with Gasteiger partial charge in [-0.1, -0.05) is 40.9 Å². The zero-order valence-electron chi connectivity index (χ0n) is 18.3. The van der Waals surface area contributed by atoms with Gasteiger partial charge >= 0.3 is 0 Å². The number of hydrogen-bond donors (Lipinski definition) is 1. The number of halogens is 4. The standard InChI is InChI=1S/C25H18Cl3FN2O3S/c1-2-33-21-10-14(9-20(28)23(21)34-13-15-3-4-16(26)12-19(15)27)11-22-24(32)31-25(35-22)30-18-7-5-17(29)6-8-18/h3-12H,2,13H2,1H3,(H,30,31,32)/b22-11+. The Morgan fingerprint density at radius 2 is 1.80 bits per heavy atom. The summed E-state index contributed by atoms with van der Waals surface area (Å²) in [6.07, 6.45) is 1.68. The van der Waals surface area contributed by atoms with Crippen molar-refractivity contribution in [3.05, 3.63) is 91.5 Å². The van der Waals surface area contributed by atoms with Crippen LogP contribution < -0.4 is 14.8 Å². The van der Waals surface area contributed by atoms with Crippen LogP contribution in [-0.4, -0.2) is 17.7 Å². The number of carbonyl (C=O) groups is 1. The van der Waals surface area contributed by atoms with Crippen LogP contribution >= 0.6 is 46.6 Å². The van der Waals surface area contributed by atoms with Crippen molar-refractivity contribution in [2.75, 3.05) is 6.61 Å². The topological polar surface area (TPSA) is 59.9 Å². The van der Waals surface area contributed by atoms with Gasteiger partial charge in [-0.3, -0.25) is 4.79 Å². The number of rotatable bonds is 7. The van der Waals surface area contributed by atoms with E-state index in [9.17, 15) is 9.18 Å². The molecule has 1 saturated heterocycles. The molecule has 0 unspecified atom stereocenters. The van der Waals surface area contributed by atoms with Crippen molar-refractivity contribution in [1.82, 2.24) is 5.32 Å². The lowest BCUT2D eigenvalue weighted by atomic mass is 10.1. The molecule has 1 aliphatic rings. The molecule has 0 radical (unpaired) electrons. The van der Waals surface area contributed by atoms with E-state index in [2.05, 4.69) is 10.3 Å². The maximum Gasteiger partial charge on any atom is 0.264 e. The lowest BCUT2D eigenvalue weighted by Gasteiger charge is -2.15. The van der Waals surface area contributed by atoms with Gasteiger partial charge in [0.2, 0.25) is 0 Å². The minimum absolute atomic E-state index is 0.164. The Morgan fingerprint density at radius 1 is 1.03 bits per heavy atom. The maximum atomic E-state index is 13.1. The molecule has 0 spiro atoms. The van der Waals surface area contributed by atoms with Crippen LogP contribution in [0.5, 0.6) is 11.5 Å². The molecule has 1 fully saturated rings. The summed E-state index contributed by atoms with van der Waals surface area (Å²) in [7, 11) is 0. The minimum atomic E-state index is -0.358. The van der Waals surface area contributed by atoms with Gasteiger partial charge in [0.15, 0.2) is 16.7 Å². The van der Waals surface area contributed by atoms with Crippen molar-refractivity contribution < 1.29 is 18.7 Å². The highest BCUT2D eigenvalue weighted by Gasteiger charge is 2.24. The third-order valence-corrected chi connectivity index (χ3v) is 6.50. The van der Waals surface area contributed by atoms with Gasteiger partial charge in [0.05, 0.1) is 22.2 Å². The average molecular weight is 552 g/mol. The number of hydrogen-bond acceptors (Lipinski definition) is 5. The third-order valence-electron chi connectivity index (χ3n) is 4.72. The van der Waals surface area contributed by atoms with Gasteiger partial charge in [-0.25, -0.2) is 9.38 Å². The quantitative estimate of drug-likeness (QED) is 0.306. The Kier molecular flexibility index (Phi) is 8.23. The van der Waals surface area contributed by atoms with Crippen LogP contribution in [0.2, 0.25) is 15.1 Å². The zero-order chi connectivity index (χ0) is 24.9. The van der Waals surface area contributed by atoms with Crippen LogP contribution in [0.1, 0.15) is 18.1 Å². The molecule has 0 saturated carbocycles. The van der Waals surface area contributed by atoms with Crippen LogP contribution in [0, 0.1) is 5.82 Å². The molecule has 0 aliphatic carbocycles. The van der Waals surface area contributed by atoms with Crippen molar-refractivity contribution in [1.29, 1.82) is 0 Å². The molecule has 0 atom stereocenters. The molecule has 0 bridgehead atoms. The Hall–Kier alpha value is -2.71. The first kappa shape index (κ1) is 25.4. The highest BCUT2D eigenvalue weighted by molar-refractivity contribution is 8.18. The molecular formula is C25H18Cl3FN2O3S. The molecular weight excluding hydrogens is 534 g/mol. The second kappa shape index (κ2) is 11.4. The zero-order valence-corrected chi connectivity index (χ0v) is 21.4. The van der Waals surface area contributed by atoms with Gasteiger partial charge in [0.1, 0.15) is 12.4 Å². The van der Waals surface area contributed by atoms with Crippen LogP contribution in [0.25, 0.3) is 6.08 Å². The monoisotopic (exact) mass is 550 g/mol. The Bertz CT molecular complexity index is 1330. The van der Waals surface area contributed by atoms with Gasteiger partial charge in [0.25, 0.3) is 5.91 Å². The van der Waals surface area contributed by atoms with E-state index in [1.807, 2.05) is 6.92 Å². The van der Waals surface area contributed by atoms with Crippen molar-refractivity contribution in [3.8, 4) is 11.5 Å². The number of aliphatic imine (C=N–C) groups is 1. The summed E-state index contributed by atoms with van der Waals surface area (Å²) in [5.74, 6) is 0.135. The highest BCUT2D eigenvalue weighted by Crippen LogP contribution is 2.39. The van der Waals surface area contributed by atoms with Crippen molar-refractivity contribution in [2.24, 2.45) is 4.99 Å². The van der Waals surface area contributed by atoms with Gasteiger partial charge in [0, 0.05) is 15.6 Å². The molecule has 1 amide bonds. The summed E-state index contributed by atoms with van der Waals surface area (Å²) in [5.41, 5.74) is 1.92. The van der Waals surface area contributed by atoms with Crippen LogP contribution in [0.3, 0.4) is 0 Å². The Labute approximate surface area is 220 Å². The number of carbonyl (C=O) groups excluding carboxylic acids is 1. The van der Waals surface area contributed by atoms with E-state index in [4.69, 9.17) is 44.3 Å². The Morgan fingerprint density at radius 3 is 2.51 bits per heavy atom. The summed E-state index contributed by atoms with van der Waals surface area (Å²) in [6.45, 7) is 2.40. The molecule has 0 aromatic heterocycles. The minimum Gasteiger partial charge on any atom is -0.490 e. The second-order valence-electron chi connectivity index (χ2n) is 7.25. The van der Waals surface area contributed by atoms with Crippen molar-refractivity contribution >= 4 is 69.4 Å².